The van der Waals surface area contributed by atoms with Crippen molar-refractivity contribution in [1.82, 2.24) is 9.97 Å². The highest BCUT2D eigenvalue weighted by Gasteiger charge is 2.32. The Balaban J connectivity index is 1.49. The number of nitrogens with one attached hydrogen (secondary N) is 2. The van der Waals surface area contributed by atoms with Crippen LogP contribution in [-0.4, -0.2) is 21.8 Å². The molecule has 6 nitrogen and oxygen atoms in total. The van der Waals surface area contributed by atoms with Gasteiger partial charge in [-0.15, -0.1) is 0 Å². The molecule has 2 heterocycles. The van der Waals surface area contributed by atoms with Crippen LogP contribution in [-0.2, 0) is 9.53 Å². The van der Waals surface area contributed by atoms with E-state index in [9.17, 15) is 9.59 Å². The van der Waals surface area contributed by atoms with Gasteiger partial charge in [0.1, 0.15) is 6.10 Å². The molecule has 0 spiro atoms. The van der Waals surface area contributed by atoms with Crippen molar-refractivity contribution >= 4 is 28.9 Å². The van der Waals surface area contributed by atoms with Gasteiger partial charge in [0, 0.05) is 5.56 Å². The van der Waals surface area contributed by atoms with Gasteiger partial charge in [-0.25, -0.2) is 9.78 Å². The van der Waals surface area contributed by atoms with Crippen molar-refractivity contribution in [1.29, 1.82) is 0 Å². The Morgan fingerprint density at radius 1 is 1.17 bits per heavy atom. The number of ether oxygens (including phenoxy) is 1. The van der Waals surface area contributed by atoms with E-state index in [0.29, 0.717) is 11.5 Å². The maximum atomic E-state index is 12.2. The molecule has 1 aliphatic heterocycles. The number of anilines is 1. The van der Waals surface area contributed by atoms with Crippen LogP contribution in [0, 0.1) is 0 Å². The van der Waals surface area contributed by atoms with Crippen LogP contribution in [0.5, 0.6) is 0 Å². The van der Waals surface area contributed by atoms with Crippen LogP contribution in [0.25, 0.3) is 11.0 Å². The zero-order valence-electron chi connectivity index (χ0n) is 12.1. The highest BCUT2D eigenvalue weighted by molar-refractivity contribution is 5.96. The molecule has 0 unspecified atom stereocenters. The summed E-state index contributed by atoms with van der Waals surface area (Å²) in [6.45, 7) is 0. The number of para-hydroxylation sites is 2. The summed E-state index contributed by atoms with van der Waals surface area (Å²) in [6, 6.07) is 14.6. The van der Waals surface area contributed by atoms with Gasteiger partial charge in [0.15, 0.2) is 0 Å². The zero-order valence-corrected chi connectivity index (χ0v) is 12.1. The number of hydrogen-bond acceptors (Lipinski definition) is 4. The summed E-state index contributed by atoms with van der Waals surface area (Å²) in [6.07, 6.45) is -0.497. The lowest BCUT2D eigenvalue weighted by atomic mass is 10.0. The third-order valence-corrected chi connectivity index (χ3v) is 3.79. The average molecular weight is 307 g/mol. The quantitative estimate of drug-likeness (QED) is 0.729. The molecule has 1 atom stereocenters. The van der Waals surface area contributed by atoms with Gasteiger partial charge in [-0.3, -0.25) is 10.1 Å². The van der Waals surface area contributed by atoms with E-state index in [2.05, 4.69) is 15.3 Å². The highest BCUT2D eigenvalue weighted by Crippen LogP contribution is 2.32. The molecule has 6 heteroatoms. The van der Waals surface area contributed by atoms with Gasteiger partial charge in [0.2, 0.25) is 11.9 Å². The number of fused-ring (bicyclic) bond motifs is 2. The van der Waals surface area contributed by atoms with E-state index < -0.39 is 6.10 Å². The lowest BCUT2D eigenvalue weighted by Gasteiger charge is -2.09. The number of benzene rings is 2. The van der Waals surface area contributed by atoms with Gasteiger partial charge in [-0.05, 0) is 18.2 Å². The molecule has 0 saturated heterocycles. The molecular formula is C17H13N3O3. The van der Waals surface area contributed by atoms with Gasteiger partial charge in [0.05, 0.1) is 23.0 Å². The van der Waals surface area contributed by atoms with E-state index in [4.69, 9.17) is 4.74 Å². The van der Waals surface area contributed by atoms with Crippen molar-refractivity contribution in [2.75, 3.05) is 5.32 Å². The smallest absolute Gasteiger partial charge is 0.339 e. The van der Waals surface area contributed by atoms with Gasteiger partial charge in [-0.1, -0.05) is 30.3 Å². The Morgan fingerprint density at radius 2 is 1.96 bits per heavy atom. The second kappa shape index (κ2) is 5.24. The van der Waals surface area contributed by atoms with E-state index in [1.165, 1.54) is 0 Å². The number of carbonyl (C=O) groups is 2. The predicted molar refractivity (Wildman–Crippen MR) is 83.9 cm³/mol. The molecule has 0 aliphatic carbocycles. The third kappa shape index (κ3) is 2.44. The molecule has 1 aliphatic rings. The molecule has 0 bridgehead atoms. The maximum absolute atomic E-state index is 12.2. The summed E-state index contributed by atoms with van der Waals surface area (Å²) in [5, 5.41) is 2.71. The fraction of sp³-hybridized carbons (Fsp3) is 0.118. The van der Waals surface area contributed by atoms with Gasteiger partial charge < -0.3 is 9.72 Å². The summed E-state index contributed by atoms with van der Waals surface area (Å²) in [5.74, 6) is -0.269. The Kier molecular flexibility index (Phi) is 3.08. The molecule has 0 radical (unpaired) electrons. The van der Waals surface area contributed by atoms with Crippen LogP contribution >= 0.6 is 0 Å². The molecule has 2 N–H and O–H groups in total. The van der Waals surface area contributed by atoms with E-state index >= 15 is 0 Å². The number of carbonyl (C=O) groups excluding carboxylic acids is 2. The summed E-state index contributed by atoms with van der Waals surface area (Å²) in [4.78, 5) is 31.3. The number of hydrogen-bond donors (Lipinski definition) is 2. The van der Waals surface area contributed by atoms with Gasteiger partial charge in [-0.2, -0.15) is 0 Å². The molecule has 2 aromatic carbocycles. The predicted octanol–water partition coefficient (Wildman–Crippen LogP) is 2.80. The maximum Gasteiger partial charge on any atom is 0.339 e. The number of aromatic amines is 1. The van der Waals surface area contributed by atoms with Crippen LogP contribution in [0.15, 0.2) is 48.5 Å². The summed E-state index contributed by atoms with van der Waals surface area (Å²) >= 11 is 0. The Bertz CT molecular complexity index is 883. The molecule has 1 aromatic heterocycles. The number of rotatable bonds is 3. The standard InChI is InChI=1S/C17H13N3O3/c21-15(20-17-18-12-7-3-4-8-13(12)19-17)9-14-10-5-1-2-6-11(10)16(22)23-14/h1-8,14H,9H2,(H2,18,19,20,21)/t14-/m1/s1. The first kappa shape index (κ1) is 13.5. The fourth-order valence-electron chi connectivity index (χ4n) is 2.73. The Labute approximate surface area is 131 Å². The summed E-state index contributed by atoms with van der Waals surface area (Å²) in [5.41, 5.74) is 2.90. The number of nitrogens with zero attached hydrogens (tertiary/aromatic N) is 1. The van der Waals surface area contributed by atoms with Gasteiger partial charge >= 0.3 is 5.97 Å². The molecule has 0 saturated carbocycles. The van der Waals surface area contributed by atoms with E-state index in [0.717, 1.165) is 16.6 Å². The van der Waals surface area contributed by atoms with Crippen molar-refractivity contribution in [3.8, 4) is 0 Å². The molecule has 3 aromatic rings. The van der Waals surface area contributed by atoms with Crippen molar-refractivity contribution in [2.45, 2.75) is 12.5 Å². The molecule has 114 valence electrons. The Hall–Kier alpha value is -3.15. The minimum absolute atomic E-state index is 0.0554. The summed E-state index contributed by atoms with van der Waals surface area (Å²) in [7, 11) is 0. The normalized spacial score (nSPS) is 16.2. The van der Waals surface area contributed by atoms with E-state index in [-0.39, 0.29) is 18.3 Å². The Morgan fingerprint density at radius 3 is 2.83 bits per heavy atom. The SMILES string of the molecule is O=C(C[C@H]1OC(=O)c2ccccc21)Nc1nc2ccccc2[nH]1. The molecule has 0 fully saturated rings. The number of aromatic nitrogens is 2. The number of H-pyrrole nitrogens is 1. The fourth-order valence-corrected chi connectivity index (χ4v) is 2.73. The lowest BCUT2D eigenvalue weighted by Crippen LogP contribution is -2.16. The van der Waals surface area contributed by atoms with Crippen molar-refractivity contribution in [2.24, 2.45) is 0 Å². The van der Waals surface area contributed by atoms with Gasteiger partial charge in [0.25, 0.3) is 0 Å². The second-order valence-electron chi connectivity index (χ2n) is 5.34. The number of amides is 1. The van der Waals surface area contributed by atoms with Crippen molar-refractivity contribution in [3.05, 3.63) is 59.7 Å². The largest absolute Gasteiger partial charge is 0.453 e. The number of esters is 1. The van der Waals surface area contributed by atoms with Crippen LogP contribution in [0.4, 0.5) is 5.95 Å². The molecule has 23 heavy (non-hydrogen) atoms. The molecule has 4 rings (SSSR count). The first-order valence-electron chi connectivity index (χ1n) is 7.25. The molecule has 1 amide bonds. The zero-order chi connectivity index (χ0) is 15.8. The van der Waals surface area contributed by atoms with Crippen LogP contribution < -0.4 is 5.32 Å². The van der Waals surface area contributed by atoms with E-state index in [1.807, 2.05) is 30.3 Å². The van der Waals surface area contributed by atoms with Crippen LogP contribution in [0.3, 0.4) is 0 Å². The van der Waals surface area contributed by atoms with Crippen LogP contribution in [0.2, 0.25) is 0 Å². The monoisotopic (exact) mass is 307 g/mol. The number of cyclic esters (lactones) is 1. The topological polar surface area (TPSA) is 84.1 Å². The van der Waals surface area contributed by atoms with Crippen LogP contribution in [0.1, 0.15) is 28.4 Å². The molecular weight excluding hydrogens is 294 g/mol. The highest BCUT2D eigenvalue weighted by atomic mass is 16.5. The van der Waals surface area contributed by atoms with Crippen molar-refractivity contribution < 1.29 is 14.3 Å². The minimum Gasteiger partial charge on any atom is -0.453 e. The van der Waals surface area contributed by atoms with E-state index in [1.54, 1.807) is 18.2 Å². The van der Waals surface area contributed by atoms with Crippen molar-refractivity contribution in [3.63, 3.8) is 0 Å². The lowest BCUT2D eigenvalue weighted by molar-refractivity contribution is -0.118. The summed E-state index contributed by atoms with van der Waals surface area (Å²) < 4.78 is 5.27. The third-order valence-electron chi connectivity index (χ3n) is 3.79. The first-order valence-corrected chi connectivity index (χ1v) is 7.25. The minimum atomic E-state index is -0.553. The first-order chi connectivity index (χ1) is 11.2. The second-order valence-corrected chi connectivity index (χ2v) is 5.34. The average Bonchev–Trinajstić information content (AvgIpc) is 3.09. The number of imidazole rings is 1.